The minimum absolute atomic E-state index is 0.929. The molecule has 0 bridgehead atoms. The van der Waals surface area contributed by atoms with Gasteiger partial charge in [0, 0.05) is 81.7 Å². The molecule has 28 rings (SSSR count). The average molecular weight is 1830 g/mol. The van der Waals surface area contributed by atoms with E-state index >= 15 is 0 Å². The highest BCUT2D eigenvalue weighted by Crippen LogP contribution is 2.54. The second-order valence-corrected chi connectivity index (χ2v) is 37.8. The lowest BCUT2D eigenvalue weighted by molar-refractivity contribution is 1.19. The van der Waals surface area contributed by atoms with Crippen molar-refractivity contribution in [3.8, 4) is 83.8 Å². The van der Waals surface area contributed by atoms with Crippen molar-refractivity contribution in [1.29, 1.82) is 0 Å². The Bertz CT molecular complexity index is 9020. The molecule has 6 nitrogen and oxygen atoms in total. The van der Waals surface area contributed by atoms with Crippen molar-refractivity contribution >= 4 is 181 Å². The summed E-state index contributed by atoms with van der Waals surface area (Å²) < 4.78 is 7.51. The quantitative estimate of drug-likeness (QED) is 0.0856. The van der Waals surface area contributed by atoms with Gasteiger partial charge in [0.25, 0.3) is 0 Å². The van der Waals surface area contributed by atoms with Crippen LogP contribution in [0.2, 0.25) is 0 Å². The maximum absolute atomic E-state index is 2.56. The predicted octanol–water partition coefficient (Wildman–Crippen LogP) is 38.3. The Balaban J connectivity index is 0.735. The van der Waals surface area contributed by atoms with Crippen LogP contribution in [0.1, 0.15) is 0 Å². The molecule has 0 saturated carbocycles. The van der Waals surface area contributed by atoms with Gasteiger partial charge >= 0.3 is 0 Å². The smallest absolute Gasteiger partial charge is 0.0542 e. The summed E-state index contributed by atoms with van der Waals surface area (Å²) in [5, 5.41) is 20.4. The van der Waals surface area contributed by atoms with Gasteiger partial charge in [-0.15, -0.1) is 0 Å². The summed E-state index contributed by atoms with van der Waals surface area (Å²) in [5.74, 6) is 0. The Morgan fingerprint density at radius 3 is 0.562 bits per heavy atom. The first-order chi connectivity index (χ1) is 71.4. The largest absolute Gasteiger partial charge is 0.310 e. The first kappa shape index (κ1) is 83.1. The summed E-state index contributed by atoms with van der Waals surface area (Å²) >= 11 is 0. The van der Waals surface area contributed by atoms with Crippen molar-refractivity contribution in [2.24, 2.45) is 0 Å². The topological polar surface area (TPSA) is 24.5 Å². The number of nitrogens with zero attached hydrogens (tertiary/aromatic N) is 6. The molecule has 672 valence electrons. The molecule has 3 aromatic heterocycles. The molecule has 0 radical (unpaired) electrons. The highest BCUT2D eigenvalue weighted by molar-refractivity contribution is 6.18. The summed E-state index contributed by atoms with van der Waals surface area (Å²) in [5.41, 5.74) is 32.6. The first-order valence-electron chi connectivity index (χ1n) is 49.6. The molecule has 0 N–H and O–H groups in total. The lowest BCUT2D eigenvalue weighted by atomic mass is 9.99. The molecule has 25 aromatic carbocycles. The van der Waals surface area contributed by atoms with E-state index in [-0.39, 0.29) is 0 Å². The summed E-state index contributed by atoms with van der Waals surface area (Å²) in [4.78, 5) is 7.69. The number of hydrogen-bond donors (Lipinski definition) is 0. The highest BCUT2D eigenvalue weighted by atomic mass is 15.2. The van der Waals surface area contributed by atoms with Crippen molar-refractivity contribution in [3.63, 3.8) is 0 Å². The fourth-order valence-corrected chi connectivity index (χ4v) is 22.9. The van der Waals surface area contributed by atoms with Gasteiger partial charge in [0.1, 0.15) is 0 Å². The molecule has 0 spiro atoms. The number of aromatic nitrogens is 3. The first-order valence-corrected chi connectivity index (χ1v) is 49.6. The molecule has 3 heterocycles. The monoisotopic (exact) mass is 1830 g/mol. The van der Waals surface area contributed by atoms with Crippen LogP contribution in [0.4, 0.5) is 51.2 Å². The number of benzene rings is 25. The highest BCUT2D eigenvalue weighted by Gasteiger charge is 2.30. The lowest BCUT2D eigenvalue weighted by Crippen LogP contribution is -2.17. The number of fused-ring (bicyclic) bond motifs is 15. The summed E-state index contributed by atoms with van der Waals surface area (Å²) in [6.07, 6.45) is 0. The van der Waals surface area contributed by atoms with E-state index in [2.05, 4.69) is 574 Å². The van der Waals surface area contributed by atoms with Crippen LogP contribution in [0.25, 0.3) is 214 Å². The van der Waals surface area contributed by atoms with Crippen LogP contribution in [-0.4, -0.2) is 13.7 Å². The fourth-order valence-electron chi connectivity index (χ4n) is 22.9. The van der Waals surface area contributed by atoms with E-state index < -0.39 is 0 Å². The van der Waals surface area contributed by atoms with Crippen LogP contribution in [0.5, 0.6) is 0 Å². The van der Waals surface area contributed by atoms with Crippen LogP contribution in [0.15, 0.2) is 546 Å². The van der Waals surface area contributed by atoms with Crippen LogP contribution in [0.3, 0.4) is 0 Å². The normalized spacial score (nSPS) is 11.8. The van der Waals surface area contributed by atoms with Gasteiger partial charge in [-0.05, 0) is 245 Å². The van der Waals surface area contributed by atoms with Crippen LogP contribution in [-0.2, 0) is 0 Å². The van der Waals surface area contributed by atoms with E-state index in [1.54, 1.807) is 0 Å². The van der Waals surface area contributed by atoms with E-state index in [4.69, 9.17) is 0 Å². The third kappa shape index (κ3) is 14.2. The molecule has 0 aliphatic carbocycles. The van der Waals surface area contributed by atoms with Gasteiger partial charge in [0.2, 0.25) is 0 Å². The average Bonchev–Trinajstić information content (AvgIpc) is 1.54. The van der Waals surface area contributed by atoms with E-state index in [1.165, 1.54) is 65.7 Å². The molecule has 0 fully saturated rings. The molecule has 28 aromatic rings. The second kappa shape index (κ2) is 34.5. The maximum atomic E-state index is 2.56. The van der Waals surface area contributed by atoms with Crippen LogP contribution >= 0.6 is 0 Å². The van der Waals surface area contributed by atoms with Gasteiger partial charge in [-0.2, -0.15) is 0 Å². The SMILES string of the molecule is c1ccc(-c2ccc(-c3ccc4c(c3)c3cc(N(c5cc(N(c6ccc7c(c6)c6cc(-c8ccc(-c9ccccc9)cc8)ccc6n7-c6cccc7ccccc67)c6cccc7ccccc67)cc(N(c6ccc7c(c6)c6cc(-c8ccc(-c9ccccc9)cc8)ccc6n7-c6cccc7ccccc67)c6cccc7ccccc67)c5)c5cccc6ccccc56)ccc3n4-c3cccc4ccccc34)cc2)cc1. The Labute approximate surface area is 833 Å². The van der Waals surface area contributed by atoms with Gasteiger partial charge in [-0.1, -0.05) is 400 Å². The van der Waals surface area contributed by atoms with Crippen molar-refractivity contribution in [2.45, 2.75) is 0 Å². The number of anilines is 9. The minimum Gasteiger partial charge on any atom is -0.310 e. The molecule has 144 heavy (non-hydrogen) atoms. The van der Waals surface area contributed by atoms with Crippen LogP contribution < -0.4 is 14.7 Å². The standard InChI is InChI=1S/C138H90N6/c1-4-28-91(29-5-1)94-58-64-97(65-59-94)106-70-76-133-121(82-106)124-88-109(73-79-136(124)142(133)130-55-25-43-103-37-13-19-49-118(103)130)139(127-52-22-40-100-34-10-16-46-115(100)127)112-85-113(140(128-53-23-41-101-35-11-17-47-116(101)128)110-74-80-137-125(89-110)122-83-107(98-66-60-95(61-67-98)92-30-6-2-7-31-92)71-77-134(122)143(137)131-56-26-44-104-38-14-20-50-119(104)131)87-114(86-112)141(129-54-24-42-102-36-12-18-48-117(102)129)111-75-81-138-126(90-111)123-84-108(99-68-62-96(63-69-99)93-32-8-3-9-33-93)72-78-135(123)144(138)132-57-27-45-105-39-15-21-51-120(105)132/h1-90H. The minimum atomic E-state index is 0.929. The fraction of sp³-hybridized carbons (Fsp3) is 0. The van der Waals surface area contributed by atoms with E-state index in [0.717, 1.165) is 199 Å². The van der Waals surface area contributed by atoms with Gasteiger partial charge in [-0.3, -0.25) is 0 Å². The Morgan fingerprint density at radius 1 is 0.111 bits per heavy atom. The summed E-state index contributed by atoms with van der Waals surface area (Å²) in [6, 6.07) is 204. The van der Waals surface area contributed by atoms with Gasteiger partial charge < -0.3 is 28.4 Å². The summed E-state index contributed by atoms with van der Waals surface area (Å²) in [7, 11) is 0. The maximum Gasteiger partial charge on any atom is 0.0542 e. The molecule has 0 unspecified atom stereocenters. The van der Waals surface area contributed by atoms with E-state index in [9.17, 15) is 0 Å². The Morgan fingerprint density at radius 2 is 0.299 bits per heavy atom. The second-order valence-electron chi connectivity index (χ2n) is 37.8. The molecular weight excluding hydrogens is 1740 g/mol. The van der Waals surface area contributed by atoms with E-state index in [1.807, 2.05) is 0 Å². The van der Waals surface area contributed by atoms with Gasteiger partial charge in [0.05, 0.1) is 84.3 Å². The third-order valence-corrected chi connectivity index (χ3v) is 29.7. The van der Waals surface area contributed by atoms with Gasteiger partial charge in [0.15, 0.2) is 0 Å². The Kier molecular flexibility index (Phi) is 19.9. The van der Waals surface area contributed by atoms with Gasteiger partial charge in [-0.25, -0.2) is 0 Å². The number of hydrogen-bond acceptors (Lipinski definition) is 3. The molecule has 0 amide bonds. The zero-order chi connectivity index (χ0) is 94.8. The van der Waals surface area contributed by atoms with E-state index in [0.29, 0.717) is 0 Å². The van der Waals surface area contributed by atoms with Crippen LogP contribution in [0, 0.1) is 0 Å². The van der Waals surface area contributed by atoms with Crippen molar-refractivity contribution in [1.82, 2.24) is 13.7 Å². The third-order valence-electron chi connectivity index (χ3n) is 29.7. The molecule has 6 heteroatoms. The molecule has 0 aliphatic rings. The zero-order valence-corrected chi connectivity index (χ0v) is 78.6. The van der Waals surface area contributed by atoms with Crippen molar-refractivity contribution < 1.29 is 0 Å². The summed E-state index contributed by atoms with van der Waals surface area (Å²) in [6.45, 7) is 0. The molecule has 0 atom stereocenters. The number of rotatable bonds is 18. The molecular formula is C138H90N6. The zero-order valence-electron chi connectivity index (χ0n) is 78.6. The molecule has 0 saturated heterocycles. The predicted molar refractivity (Wildman–Crippen MR) is 611 cm³/mol. The lowest BCUT2D eigenvalue weighted by Gasteiger charge is -2.34. The molecule has 0 aliphatic heterocycles. The van der Waals surface area contributed by atoms with Crippen molar-refractivity contribution in [2.75, 3.05) is 14.7 Å². The Hall–Kier alpha value is -19.1. The van der Waals surface area contributed by atoms with Crippen molar-refractivity contribution in [3.05, 3.63) is 546 Å².